The summed E-state index contributed by atoms with van der Waals surface area (Å²) in [5, 5.41) is -0.127. The molecule has 0 radical (unpaired) electrons. The minimum absolute atomic E-state index is 0.0283. The monoisotopic (exact) mass is 373 g/mol. The highest BCUT2D eigenvalue weighted by molar-refractivity contribution is 7.99. The van der Waals surface area contributed by atoms with E-state index in [1.807, 2.05) is 48.2 Å². The van der Waals surface area contributed by atoms with Crippen LogP contribution in [0.4, 0.5) is 0 Å². The summed E-state index contributed by atoms with van der Waals surface area (Å²) in [4.78, 5) is 15.0. The summed E-state index contributed by atoms with van der Waals surface area (Å²) in [7, 11) is 4.82. The summed E-state index contributed by atoms with van der Waals surface area (Å²) in [5.41, 5.74) is 2.69. The molecule has 2 aromatic rings. The molecule has 26 heavy (non-hydrogen) atoms. The normalized spacial score (nSPS) is 16.5. The predicted molar refractivity (Wildman–Crippen MR) is 104 cm³/mol. The molecule has 6 heteroatoms. The number of carbonyl (C=O) groups is 1. The van der Waals surface area contributed by atoms with Crippen molar-refractivity contribution in [1.29, 1.82) is 0 Å². The smallest absolute Gasteiger partial charge is 0.255 e. The fourth-order valence-corrected chi connectivity index (χ4v) is 4.40. The van der Waals surface area contributed by atoms with Crippen LogP contribution in [0, 0.1) is 6.92 Å². The van der Waals surface area contributed by atoms with Gasteiger partial charge in [-0.3, -0.25) is 4.79 Å². The van der Waals surface area contributed by atoms with E-state index in [2.05, 4.69) is 0 Å². The van der Waals surface area contributed by atoms with Crippen molar-refractivity contribution in [3.05, 3.63) is 53.1 Å². The topological polar surface area (TPSA) is 48.0 Å². The van der Waals surface area contributed by atoms with Gasteiger partial charge in [-0.15, -0.1) is 11.8 Å². The second-order valence-electron chi connectivity index (χ2n) is 6.04. The van der Waals surface area contributed by atoms with Crippen LogP contribution in [0.2, 0.25) is 0 Å². The molecule has 0 aromatic heterocycles. The molecule has 1 amide bonds. The Morgan fingerprint density at radius 3 is 2.38 bits per heavy atom. The van der Waals surface area contributed by atoms with Crippen molar-refractivity contribution >= 4 is 17.7 Å². The third-order valence-electron chi connectivity index (χ3n) is 4.42. The van der Waals surface area contributed by atoms with Crippen molar-refractivity contribution in [2.24, 2.45) is 0 Å². The maximum atomic E-state index is 13.1. The maximum absolute atomic E-state index is 13.1. The van der Waals surface area contributed by atoms with E-state index in [1.54, 1.807) is 33.1 Å². The van der Waals surface area contributed by atoms with Crippen molar-refractivity contribution in [1.82, 2.24) is 4.90 Å². The molecule has 1 saturated heterocycles. The van der Waals surface area contributed by atoms with E-state index < -0.39 is 0 Å². The van der Waals surface area contributed by atoms with Gasteiger partial charge in [-0.25, -0.2) is 0 Å². The second kappa shape index (κ2) is 7.91. The van der Waals surface area contributed by atoms with E-state index in [4.69, 9.17) is 14.2 Å². The van der Waals surface area contributed by atoms with Gasteiger partial charge in [0, 0.05) is 29.5 Å². The number of methoxy groups -OCH3 is 3. The number of carbonyl (C=O) groups excluding carboxylic acids is 1. The van der Waals surface area contributed by atoms with Gasteiger partial charge >= 0.3 is 0 Å². The Morgan fingerprint density at radius 1 is 1.04 bits per heavy atom. The van der Waals surface area contributed by atoms with Gasteiger partial charge in [0.15, 0.2) is 11.5 Å². The first-order valence-electron chi connectivity index (χ1n) is 8.38. The zero-order valence-electron chi connectivity index (χ0n) is 15.4. The van der Waals surface area contributed by atoms with Gasteiger partial charge in [-0.2, -0.15) is 0 Å². The molecule has 0 N–H and O–H groups in total. The van der Waals surface area contributed by atoms with Gasteiger partial charge in [-0.1, -0.05) is 17.7 Å². The van der Waals surface area contributed by atoms with Gasteiger partial charge in [0.25, 0.3) is 5.91 Å². The first-order valence-corrected chi connectivity index (χ1v) is 9.43. The third-order valence-corrected chi connectivity index (χ3v) is 5.66. The first kappa shape index (κ1) is 18.5. The molecular formula is C20H23NO4S. The Kier molecular flexibility index (Phi) is 5.61. The summed E-state index contributed by atoms with van der Waals surface area (Å²) < 4.78 is 16.4. The predicted octanol–water partition coefficient (Wildman–Crippen LogP) is 3.91. The number of aryl methyl sites for hydroxylation is 1. The first-order chi connectivity index (χ1) is 12.6. The van der Waals surface area contributed by atoms with Crippen LogP contribution in [0.1, 0.15) is 26.9 Å². The number of thioether (sulfide) groups is 1. The molecule has 1 fully saturated rings. The van der Waals surface area contributed by atoms with Gasteiger partial charge in [0.05, 0.1) is 21.3 Å². The van der Waals surface area contributed by atoms with Crippen molar-refractivity contribution in [3.63, 3.8) is 0 Å². The molecule has 1 aliphatic rings. The third kappa shape index (κ3) is 3.46. The number of ether oxygens (including phenoxy) is 3. The van der Waals surface area contributed by atoms with Crippen molar-refractivity contribution in [2.75, 3.05) is 33.6 Å². The van der Waals surface area contributed by atoms with E-state index in [0.717, 1.165) is 16.9 Å². The Balaban J connectivity index is 1.98. The lowest BCUT2D eigenvalue weighted by molar-refractivity contribution is 0.0759. The number of rotatable bonds is 5. The van der Waals surface area contributed by atoms with Crippen molar-refractivity contribution in [2.45, 2.75) is 12.3 Å². The summed E-state index contributed by atoms with van der Waals surface area (Å²) in [6.07, 6.45) is 0. The largest absolute Gasteiger partial charge is 0.496 e. The fraction of sp³-hybridized carbons (Fsp3) is 0.350. The average molecular weight is 373 g/mol. The minimum Gasteiger partial charge on any atom is -0.496 e. The van der Waals surface area contributed by atoms with E-state index in [-0.39, 0.29) is 11.3 Å². The molecule has 0 bridgehead atoms. The number of nitrogens with zero attached hydrogens (tertiary/aromatic N) is 1. The summed E-state index contributed by atoms with van der Waals surface area (Å²) in [6.45, 7) is 2.68. The quantitative estimate of drug-likeness (QED) is 0.795. The zero-order valence-corrected chi connectivity index (χ0v) is 16.3. The lowest BCUT2D eigenvalue weighted by Gasteiger charge is -2.26. The summed E-state index contributed by atoms with van der Waals surface area (Å²) >= 11 is 1.72. The Morgan fingerprint density at radius 2 is 1.73 bits per heavy atom. The fourth-order valence-electron chi connectivity index (χ4n) is 3.13. The van der Waals surface area contributed by atoms with Crippen LogP contribution in [0.25, 0.3) is 0 Å². The van der Waals surface area contributed by atoms with Crippen LogP contribution in [0.5, 0.6) is 17.2 Å². The van der Waals surface area contributed by atoms with Crippen molar-refractivity contribution < 1.29 is 19.0 Å². The van der Waals surface area contributed by atoms with E-state index in [0.29, 0.717) is 29.4 Å². The molecular weight excluding hydrogens is 350 g/mol. The molecule has 1 atom stereocenters. The lowest BCUT2D eigenvalue weighted by atomic mass is 10.1. The maximum Gasteiger partial charge on any atom is 0.255 e. The van der Waals surface area contributed by atoms with E-state index in [9.17, 15) is 4.79 Å². The highest BCUT2D eigenvalue weighted by Gasteiger charge is 2.34. The molecule has 1 heterocycles. The lowest BCUT2D eigenvalue weighted by Crippen LogP contribution is -2.30. The number of benzene rings is 2. The molecule has 3 rings (SSSR count). The number of hydrogen-bond acceptors (Lipinski definition) is 5. The zero-order chi connectivity index (χ0) is 18.7. The van der Waals surface area contributed by atoms with E-state index in [1.165, 1.54) is 0 Å². The van der Waals surface area contributed by atoms with Gasteiger partial charge < -0.3 is 19.1 Å². The number of hydrogen-bond donors (Lipinski definition) is 0. The molecule has 0 spiro atoms. The van der Waals surface area contributed by atoms with Crippen LogP contribution in [0.3, 0.4) is 0 Å². The molecule has 5 nitrogen and oxygen atoms in total. The molecule has 0 saturated carbocycles. The van der Waals surface area contributed by atoms with Crippen LogP contribution in [-0.2, 0) is 0 Å². The molecule has 2 aromatic carbocycles. The Bertz CT molecular complexity index is 808. The summed E-state index contributed by atoms with van der Waals surface area (Å²) in [5.74, 6) is 2.82. The standard InChI is InChI=1S/C20H23NO4S/c1-13-6-5-7-14(10-13)19(22)21-8-9-26-20(21)15-11-17(24-3)18(25-4)12-16(15)23-2/h5-7,10-12,20H,8-9H2,1-4H3. The van der Waals surface area contributed by atoms with Crippen LogP contribution >= 0.6 is 11.8 Å². The summed E-state index contributed by atoms with van der Waals surface area (Å²) in [6, 6.07) is 11.4. The minimum atomic E-state index is -0.127. The highest BCUT2D eigenvalue weighted by Crippen LogP contribution is 2.46. The van der Waals surface area contributed by atoms with Gasteiger partial charge in [0.1, 0.15) is 11.1 Å². The highest BCUT2D eigenvalue weighted by atomic mass is 32.2. The van der Waals surface area contributed by atoms with Gasteiger partial charge in [0.2, 0.25) is 0 Å². The molecule has 0 aliphatic carbocycles. The van der Waals surface area contributed by atoms with E-state index >= 15 is 0 Å². The number of amides is 1. The molecule has 1 unspecified atom stereocenters. The second-order valence-corrected chi connectivity index (χ2v) is 7.23. The van der Waals surface area contributed by atoms with Crippen molar-refractivity contribution in [3.8, 4) is 17.2 Å². The average Bonchev–Trinajstić information content (AvgIpc) is 3.15. The molecule has 1 aliphatic heterocycles. The Labute approximate surface area is 158 Å². The van der Waals surface area contributed by atoms with Crippen LogP contribution in [0.15, 0.2) is 36.4 Å². The molecule has 138 valence electrons. The van der Waals surface area contributed by atoms with Crippen LogP contribution < -0.4 is 14.2 Å². The van der Waals surface area contributed by atoms with Gasteiger partial charge in [-0.05, 0) is 25.1 Å². The van der Waals surface area contributed by atoms with Crippen LogP contribution in [-0.4, -0.2) is 44.4 Å². The SMILES string of the molecule is COc1cc(OC)c(C2SCCN2C(=O)c2cccc(C)c2)cc1OC. The Hall–Kier alpha value is -2.34.